The molecule has 0 saturated carbocycles. The smallest absolute Gasteiger partial charge is 0.258 e. The van der Waals surface area contributed by atoms with Gasteiger partial charge < -0.3 is 10.1 Å². The van der Waals surface area contributed by atoms with E-state index in [4.69, 9.17) is 4.74 Å². The molecule has 3 heteroatoms. The lowest BCUT2D eigenvalue weighted by molar-refractivity contribution is -0.123. The van der Waals surface area contributed by atoms with Gasteiger partial charge in [-0.25, -0.2) is 0 Å². The van der Waals surface area contributed by atoms with Gasteiger partial charge in [0, 0.05) is 6.04 Å². The van der Waals surface area contributed by atoms with Crippen molar-refractivity contribution in [2.45, 2.75) is 39.7 Å². The number of rotatable bonds is 7. The van der Waals surface area contributed by atoms with Crippen molar-refractivity contribution in [2.75, 3.05) is 6.61 Å². The molecule has 0 aliphatic rings. The Balaban J connectivity index is 2.21. The van der Waals surface area contributed by atoms with E-state index in [0.29, 0.717) is 5.92 Å². The third-order valence-corrected chi connectivity index (χ3v) is 2.70. The van der Waals surface area contributed by atoms with Crippen LogP contribution in [0.15, 0.2) is 30.3 Å². The van der Waals surface area contributed by atoms with E-state index in [1.54, 1.807) is 0 Å². The van der Waals surface area contributed by atoms with Gasteiger partial charge in [0.25, 0.3) is 5.91 Å². The Morgan fingerprint density at radius 1 is 1.17 bits per heavy atom. The van der Waals surface area contributed by atoms with Crippen molar-refractivity contribution in [1.82, 2.24) is 5.32 Å². The molecule has 1 N–H and O–H groups in total. The molecule has 1 rings (SSSR count). The van der Waals surface area contributed by atoms with E-state index in [2.05, 4.69) is 19.2 Å². The Morgan fingerprint density at radius 3 is 2.44 bits per heavy atom. The molecule has 0 heterocycles. The van der Waals surface area contributed by atoms with Gasteiger partial charge in [-0.2, -0.15) is 0 Å². The molecule has 0 spiro atoms. The summed E-state index contributed by atoms with van der Waals surface area (Å²) in [6, 6.07) is 9.59. The van der Waals surface area contributed by atoms with Crippen LogP contribution in [0.25, 0.3) is 0 Å². The number of carbonyl (C=O) groups excluding carboxylic acids is 1. The highest BCUT2D eigenvalue weighted by atomic mass is 16.5. The van der Waals surface area contributed by atoms with E-state index in [1.807, 2.05) is 37.3 Å². The molecular formula is C15H23NO2. The number of amides is 1. The molecule has 0 fully saturated rings. The molecule has 1 amide bonds. The lowest BCUT2D eigenvalue weighted by Gasteiger charge is -2.15. The Kier molecular flexibility index (Phi) is 6.26. The van der Waals surface area contributed by atoms with E-state index >= 15 is 0 Å². The van der Waals surface area contributed by atoms with Gasteiger partial charge in [-0.1, -0.05) is 32.0 Å². The molecule has 3 nitrogen and oxygen atoms in total. The van der Waals surface area contributed by atoms with Gasteiger partial charge in [0.05, 0.1) is 0 Å². The summed E-state index contributed by atoms with van der Waals surface area (Å²) in [5.74, 6) is 1.34. The standard InChI is InChI=1S/C15H23NO2/c1-12(2)9-10-13(3)16-15(17)11-18-14-7-5-4-6-8-14/h4-8,12-13H,9-11H2,1-3H3,(H,16,17). The van der Waals surface area contributed by atoms with Crippen molar-refractivity contribution in [3.05, 3.63) is 30.3 Å². The zero-order valence-electron chi connectivity index (χ0n) is 11.5. The zero-order valence-corrected chi connectivity index (χ0v) is 11.5. The summed E-state index contributed by atoms with van der Waals surface area (Å²) in [6.45, 7) is 6.49. The second-order valence-corrected chi connectivity index (χ2v) is 5.04. The lowest BCUT2D eigenvalue weighted by Crippen LogP contribution is -2.36. The van der Waals surface area contributed by atoms with E-state index in [-0.39, 0.29) is 18.6 Å². The minimum Gasteiger partial charge on any atom is -0.484 e. The van der Waals surface area contributed by atoms with Crippen LogP contribution in [-0.2, 0) is 4.79 Å². The Hall–Kier alpha value is -1.51. The van der Waals surface area contributed by atoms with Crippen LogP contribution in [0.2, 0.25) is 0 Å². The van der Waals surface area contributed by atoms with Crippen molar-refractivity contribution in [3.8, 4) is 5.75 Å². The van der Waals surface area contributed by atoms with E-state index in [9.17, 15) is 4.79 Å². The summed E-state index contributed by atoms with van der Waals surface area (Å²) in [7, 11) is 0. The number of ether oxygens (including phenoxy) is 1. The number of hydrogen-bond donors (Lipinski definition) is 1. The molecule has 0 aliphatic heterocycles. The normalized spacial score (nSPS) is 12.2. The second-order valence-electron chi connectivity index (χ2n) is 5.04. The summed E-state index contributed by atoms with van der Waals surface area (Å²) in [5, 5.41) is 2.94. The van der Waals surface area contributed by atoms with Gasteiger partial charge in [0.2, 0.25) is 0 Å². The largest absolute Gasteiger partial charge is 0.484 e. The molecule has 0 aliphatic carbocycles. The van der Waals surface area contributed by atoms with E-state index in [1.165, 1.54) is 0 Å². The molecule has 0 aromatic heterocycles. The van der Waals surface area contributed by atoms with E-state index in [0.717, 1.165) is 18.6 Å². The SMILES string of the molecule is CC(C)CCC(C)NC(=O)COc1ccccc1. The molecule has 1 unspecified atom stereocenters. The monoisotopic (exact) mass is 249 g/mol. The van der Waals surface area contributed by atoms with Crippen LogP contribution in [-0.4, -0.2) is 18.6 Å². The van der Waals surface area contributed by atoms with Gasteiger partial charge in [0.15, 0.2) is 6.61 Å². The zero-order chi connectivity index (χ0) is 13.4. The minimum atomic E-state index is -0.0601. The number of nitrogens with one attached hydrogen (secondary N) is 1. The van der Waals surface area contributed by atoms with Crippen LogP contribution in [0.5, 0.6) is 5.75 Å². The van der Waals surface area contributed by atoms with Gasteiger partial charge >= 0.3 is 0 Å². The predicted molar refractivity (Wildman–Crippen MR) is 73.6 cm³/mol. The number of carbonyl (C=O) groups is 1. The summed E-state index contributed by atoms with van der Waals surface area (Å²) >= 11 is 0. The summed E-state index contributed by atoms with van der Waals surface area (Å²) in [5.41, 5.74) is 0. The van der Waals surface area contributed by atoms with Crippen LogP contribution in [0, 0.1) is 5.92 Å². The second kappa shape index (κ2) is 7.75. The average Bonchev–Trinajstić information content (AvgIpc) is 2.35. The van der Waals surface area contributed by atoms with Crippen molar-refractivity contribution in [2.24, 2.45) is 5.92 Å². The van der Waals surface area contributed by atoms with Crippen LogP contribution in [0.1, 0.15) is 33.6 Å². The Morgan fingerprint density at radius 2 is 1.83 bits per heavy atom. The molecule has 1 aromatic rings. The maximum Gasteiger partial charge on any atom is 0.258 e. The van der Waals surface area contributed by atoms with Crippen LogP contribution >= 0.6 is 0 Å². The third kappa shape index (κ3) is 6.28. The fourth-order valence-electron chi connectivity index (χ4n) is 1.64. The number of para-hydroxylation sites is 1. The highest BCUT2D eigenvalue weighted by molar-refractivity contribution is 5.77. The van der Waals surface area contributed by atoms with Crippen molar-refractivity contribution < 1.29 is 9.53 Å². The fourth-order valence-corrected chi connectivity index (χ4v) is 1.64. The van der Waals surface area contributed by atoms with Crippen molar-refractivity contribution in [3.63, 3.8) is 0 Å². The molecule has 0 radical (unpaired) electrons. The highest BCUT2D eigenvalue weighted by Gasteiger charge is 2.08. The topological polar surface area (TPSA) is 38.3 Å². The number of benzene rings is 1. The maximum absolute atomic E-state index is 11.6. The highest BCUT2D eigenvalue weighted by Crippen LogP contribution is 2.08. The molecule has 0 bridgehead atoms. The van der Waals surface area contributed by atoms with Gasteiger partial charge in [0.1, 0.15) is 5.75 Å². The molecule has 1 aromatic carbocycles. The van der Waals surface area contributed by atoms with E-state index < -0.39 is 0 Å². The predicted octanol–water partition coefficient (Wildman–Crippen LogP) is 3.01. The molecule has 1 atom stereocenters. The maximum atomic E-state index is 11.6. The first kappa shape index (κ1) is 14.6. The lowest BCUT2D eigenvalue weighted by atomic mass is 10.0. The first-order chi connectivity index (χ1) is 8.58. The van der Waals surface area contributed by atoms with Crippen LogP contribution in [0.4, 0.5) is 0 Å². The van der Waals surface area contributed by atoms with Gasteiger partial charge in [-0.05, 0) is 37.8 Å². The first-order valence-electron chi connectivity index (χ1n) is 6.55. The van der Waals surface area contributed by atoms with Gasteiger partial charge in [-0.15, -0.1) is 0 Å². The van der Waals surface area contributed by atoms with Crippen molar-refractivity contribution in [1.29, 1.82) is 0 Å². The fraction of sp³-hybridized carbons (Fsp3) is 0.533. The molecule has 18 heavy (non-hydrogen) atoms. The summed E-state index contributed by atoms with van der Waals surface area (Å²) < 4.78 is 5.38. The quantitative estimate of drug-likeness (QED) is 0.806. The summed E-state index contributed by atoms with van der Waals surface area (Å²) in [4.78, 5) is 11.6. The molecule has 0 saturated heterocycles. The minimum absolute atomic E-state index is 0.0601. The molecular weight excluding hydrogens is 226 g/mol. The van der Waals surface area contributed by atoms with Gasteiger partial charge in [-0.3, -0.25) is 4.79 Å². The van der Waals surface area contributed by atoms with Crippen LogP contribution < -0.4 is 10.1 Å². The summed E-state index contributed by atoms with van der Waals surface area (Å²) in [6.07, 6.45) is 2.13. The van der Waals surface area contributed by atoms with Crippen LogP contribution in [0.3, 0.4) is 0 Å². The number of hydrogen-bond acceptors (Lipinski definition) is 2. The molecule has 100 valence electrons. The average molecular weight is 249 g/mol. The van der Waals surface area contributed by atoms with Crippen molar-refractivity contribution >= 4 is 5.91 Å². The first-order valence-corrected chi connectivity index (χ1v) is 6.55. The third-order valence-electron chi connectivity index (χ3n) is 2.70. The Bertz CT molecular complexity index is 349. The Labute approximate surface area is 110 Å².